The van der Waals surface area contributed by atoms with Gasteiger partial charge in [0.05, 0.1) is 12.1 Å². The predicted molar refractivity (Wildman–Crippen MR) is 104 cm³/mol. The lowest BCUT2D eigenvalue weighted by Crippen LogP contribution is -2.23. The summed E-state index contributed by atoms with van der Waals surface area (Å²) in [6.07, 6.45) is 5.35. The van der Waals surface area contributed by atoms with Crippen molar-refractivity contribution in [3.8, 4) is 5.69 Å². The summed E-state index contributed by atoms with van der Waals surface area (Å²) in [7, 11) is 0. The minimum absolute atomic E-state index is 0.0910. The smallest absolute Gasteiger partial charge is 0.228 e. The maximum atomic E-state index is 12.4. The maximum absolute atomic E-state index is 12.4. The van der Waals surface area contributed by atoms with Crippen LogP contribution in [0, 0.1) is 0 Å². The number of amides is 2. The second-order valence-electron chi connectivity index (χ2n) is 6.54. The Kier molecular flexibility index (Phi) is 4.70. The average molecular weight is 360 g/mol. The fraction of sp³-hybridized carbons (Fsp3) is 0.190. The molecule has 2 heterocycles. The summed E-state index contributed by atoms with van der Waals surface area (Å²) in [6.45, 7) is 0.735. The van der Waals surface area contributed by atoms with Crippen molar-refractivity contribution in [2.45, 2.75) is 19.3 Å². The quantitative estimate of drug-likeness (QED) is 0.760. The Bertz CT molecular complexity index is 949. The molecule has 1 aromatic heterocycles. The predicted octanol–water partition coefficient (Wildman–Crippen LogP) is 3.18. The van der Waals surface area contributed by atoms with E-state index in [2.05, 4.69) is 10.4 Å². The fourth-order valence-electron chi connectivity index (χ4n) is 3.25. The summed E-state index contributed by atoms with van der Waals surface area (Å²) in [5.74, 6) is 0.0440. The van der Waals surface area contributed by atoms with Crippen molar-refractivity contribution < 1.29 is 9.59 Å². The molecule has 1 aliphatic heterocycles. The summed E-state index contributed by atoms with van der Waals surface area (Å²) in [5, 5.41) is 7.11. The molecule has 0 radical (unpaired) electrons. The molecular formula is C21H20N4O2. The molecule has 4 rings (SSSR count). The van der Waals surface area contributed by atoms with Crippen LogP contribution in [0.1, 0.15) is 18.4 Å². The van der Waals surface area contributed by atoms with Crippen LogP contribution in [0.3, 0.4) is 0 Å². The van der Waals surface area contributed by atoms with Crippen molar-refractivity contribution in [2.75, 3.05) is 16.8 Å². The summed E-state index contributed by atoms with van der Waals surface area (Å²) in [6, 6.07) is 17.0. The first-order valence-electron chi connectivity index (χ1n) is 8.98. The fourth-order valence-corrected chi connectivity index (χ4v) is 3.25. The molecule has 0 saturated carbocycles. The molecule has 0 spiro atoms. The Morgan fingerprint density at radius 1 is 1.07 bits per heavy atom. The molecule has 1 N–H and O–H groups in total. The van der Waals surface area contributed by atoms with Gasteiger partial charge in [-0.05, 0) is 48.4 Å². The van der Waals surface area contributed by atoms with E-state index in [-0.39, 0.29) is 18.2 Å². The van der Waals surface area contributed by atoms with Gasteiger partial charge in [-0.25, -0.2) is 4.68 Å². The zero-order valence-electron chi connectivity index (χ0n) is 14.8. The van der Waals surface area contributed by atoms with Gasteiger partial charge in [0.15, 0.2) is 0 Å². The van der Waals surface area contributed by atoms with Gasteiger partial charge in [-0.15, -0.1) is 0 Å². The zero-order valence-corrected chi connectivity index (χ0v) is 14.8. The molecule has 2 aromatic carbocycles. The molecule has 3 aromatic rings. The maximum Gasteiger partial charge on any atom is 0.228 e. The van der Waals surface area contributed by atoms with Crippen molar-refractivity contribution in [2.24, 2.45) is 0 Å². The molecule has 0 unspecified atom stereocenters. The first-order chi connectivity index (χ1) is 13.2. The van der Waals surface area contributed by atoms with Crippen molar-refractivity contribution in [1.82, 2.24) is 9.78 Å². The third kappa shape index (κ3) is 3.89. The highest BCUT2D eigenvalue weighted by atomic mass is 16.2. The van der Waals surface area contributed by atoms with Gasteiger partial charge in [-0.2, -0.15) is 5.10 Å². The normalized spacial score (nSPS) is 13.8. The van der Waals surface area contributed by atoms with Crippen LogP contribution in [0.25, 0.3) is 5.69 Å². The van der Waals surface area contributed by atoms with Crippen LogP contribution >= 0.6 is 0 Å². The van der Waals surface area contributed by atoms with Gasteiger partial charge in [-0.1, -0.05) is 18.2 Å². The highest BCUT2D eigenvalue weighted by Gasteiger charge is 2.21. The van der Waals surface area contributed by atoms with E-state index >= 15 is 0 Å². The lowest BCUT2D eigenvalue weighted by molar-refractivity contribution is -0.117. The number of benzene rings is 2. The average Bonchev–Trinajstić information content (AvgIpc) is 3.34. The molecule has 0 bridgehead atoms. The number of rotatable bonds is 5. The summed E-state index contributed by atoms with van der Waals surface area (Å²) >= 11 is 0. The highest BCUT2D eigenvalue weighted by Crippen LogP contribution is 2.24. The molecule has 27 heavy (non-hydrogen) atoms. The van der Waals surface area contributed by atoms with Crippen molar-refractivity contribution >= 4 is 23.2 Å². The first kappa shape index (κ1) is 17.0. The lowest BCUT2D eigenvalue weighted by Gasteiger charge is -2.16. The molecule has 1 fully saturated rings. The minimum atomic E-state index is -0.0910. The Hall–Kier alpha value is -3.41. The van der Waals surface area contributed by atoms with Crippen LogP contribution in [0.2, 0.25) is 0 Å². The van der Waals surface area contributed by atoms with Gasteiger partial charge < -0.3 is 10.2 Å². The molecule has 6 heteroatoms. The number of carbonyl (C=O) groups is 2. The van der Waals surface area contributed by atoms with Crippen LogP contribution in [0.15, 0.2) is 67.0 Å². The van der Waals surface area contributed by atoms with Crippen molar-refractivity contribution in [3.63, 3.8) is 0 Å². The van der Waals surface area contributed by atoms with Crippen LogP contribution in [0.5, 0.6) is 0 Å². The van der Waals surface area contributed by atoms with E-state index in [4.69, 9.17) is 0 Å². The minimum Gasteiger partial charge on any atom is -0.326 e. The molecule has 2 amide bonds. The number of anilines is 2. The Balaban J connectivity index is 1.40. The summed E-state index contributed by atoms with van der Waals surface area (Å²) in [5.41, 5.74) is 3.41. The number of carbonyl (C=O) groups excluding carboxylic acids is 2. The number of aromatic nitrogens is 2. The zero-order chi connectivity index (χ0) is 18.6. The third-order valence-corrected chi connectivity index (χ3v) is 4.58. The van der Waals surface area contributed by atoms with Crippen LogP contribution in [0.4, 0.5) is 11.4 Å². The van der Waals surface area contributed by atoms with Gasteiger partial charge in [0.25, 0.3) is 0 Å². The van der Waals surface area contributed by atoms with Crippen LogP contribution in [-0.4, -0.2) is 28.1 Å². The summed E-state index contributed by atoms with van der Waals surface area (Å²) < 4.78 is 1.77. The van der Waals surface area contributed by atoms with E-state index in [9.17, 15) is 9.59 Å². The van der Waals surface area contributed by atoms with E-state index in [1.54, 1.807) is 15.8 Å². The molecule has 1 aliphatic rings. The number of hydrogen-bond acceptors (Lipinski definition) is 3. The summed E-state index contributed by atoms with van der Waals surface area (Å²) in [4.78, 5) is 26.0. The number of nitrogens with one attached hydrogen (secondary N) is 1. The molecule has 1 saturated heterocycles. The van der Waals surface area contributed by atoms with E-state index in [0.717, 1.165) is 29.9 Å². The second kappa shape index (κ2) is 7.45. The van der Waals surface area contributed by atoms with E-state index < -0.39 is 0 Å². The Labute approximate surface area is 157 Å². The van der Waals surface area contributed by atoms with E-state index in [0.29, 0.717) is 12.1 Å². The monoisotopic (exact) mass is 360 g/mol. The molecular weight excluding hydrogens is 340 g/mol. The first-order valence-corrected chi connectivity index (χ1v) is 8.98. The van der Waals surface area contributed by atoms with Crippen molar-refractivity contribution in [1.29, 1.82) is 0 Å². The highest BCUT2D eigenvalue weighted by molar-refractivity contribution is 5.97. The second-order valence-corrected chi connectivity index (χ2v) is 6.54. The standard InChI is InChI=1S/C21H20N4O2/c26-20(14-16-7-9-18(10-8-16)25-13-3-11-22-25)23-17-4-1-5-19(15-17)24-12-2-6-21(24)27/h1,3-5,7-11,13,15H,2,6,12,14H2,(H,23,26). The van der Waals surface area contributed by atoms with Gasteiger partial charge >= 0.3 is 0 Å². The SMILES string of the molecule is O=C(Cc1ccc(-n2cccn2)cc1)Nc1cccc(N2CCCC2=O)c1. The van der Waals surface area contributed by atoms with Gasteiger partial charge in [-0.3, -0.25) is 9.59 Å². The van der Waals surface area contributed by atoms with Crippen LogP contribution in [-0.2, 0) is 16.0 Å². The molecule has 136 valence electrons. The molecule has 6 nitrogen and oxygen atoms in total. The van der Waals surface area contributed by atoms with E-state index in [1.807, 2.05) is 60.8 Å². The van der Waals surface area contributed by atoms with Gasteiger partial charge in [0.2, 0.25) is 11.8 Å². The van der Waals surface area contributed by atoms with Gasteiger partial charge in [0, 0.05) is 36.7 Å². The topological polar surface area (TPSA) is 67.2 Å². The number of hydrogen-bond donors (Lipinski definition) is 1. The molecule has 0 aliphatic carbocycles. The third-order valence-electron chi connectivity index (χ3n) is 4.58. The molecule has 0 atom stereocenters. The largest absolute Gasteiger partial charge is 0.326 e. The number of nitrogens with zero attached hydrogens (tertiary/aromatic N) is 3. The Morgan fingerprint density at radius 2 is 1.93 bits per heavy atom. The van der Waals surface area contributed by atoms with Gasteiger partial charge in [0.1, 0.15) is 0 Å². The lowest BCUT2D eigenvalue weighted by atomic mass is 10.1. The van der Waals surface area contributed by atoms with E-state index in [1.165, 1.54) is 0 Å². The van der Waals surface area contributed by atoms with Crippen molar-refractivity contribution in [3.05, 3.63) is 72.6 Å². The Morgan fingerprint density at radius 3 is 2.63 bits per heavy atom. The van der Waals surface area contributed by atoms with Crippen LogP contribution < -0.4 is 10.2 Å².